The number of carbonyl (C=O) groups is 1. The average molecular weight is 549 g/mol. The first-order chi connectivity index (χ1) is 17.9. The maximum Gasteiger partial charge on any atom is 0.222 e. The van der Waals surface area contributed by atoms with Gasteiger partial charge >= 0.3 is 0 Å². The maximum atomic E-state index is 13.1. The van der Waals surface area contributed by atoms with Crippen LogP contribution in [0, 0.1) is 46.3 Å². The number of allylic oxidation sites excluding steroid dienone is 1. The lowest BCUT2D eigenvalue weighted by atomic mass is 9.47. The summed E-state index contributed by atoms with van der Waals surface area (Å²) in [5.74, 6) is 4.24. The highest BCUT2D eigenvalue weighted by Gasteiger charge is 2.59. The van der Waals surface area contributed by atoms with Crippen LogP contribution in [0.4, 0.5) is 0 Å². The van der Waals surface area contributed by atoms with Crippen molar-refractivity contribution in [3.63, 3.8) is 0 Å². The van der Waals surface area contributed by atoms with E-state index in [1.54, 1.807) is 5.57 Å². The van der Waals surface area contributed by atoms with E-state index in [4.69, 9.17) is 0 Å². The van der Waals surface area contributed by atoms with Gasteiger partial charge in [-0.3, -0.25) is 4.79 Å². The number of carbonyl (C=O) groups excluding carboxylic acids is 1. The Balaban J connectivity index is 1.14. The number of fused-ring (bicyclic) bond motifs is 5. The summed E-state index contributed by atoms with van der Waals surface area (Å²) < 4.78 is 25.4. The molecule has 7 heteroatoms. The topological polar surface area (TPSA) is 86.7 Å². The summed E-state index contributed by atoms with van der Waals surface area (Å²) in [5, 5.41) is 10.3. The molecule has 2 N–H and O–H groups in total. The molecular formula is C31H52N2O4S. The van der Waals surface area contributed by atoms with Gasteiger partial charge in [-0.1, -0.05) is 32.4 Å². The lowest BCUT2D eigenvalue weighted by molar-refractivity contribution is -0.133. The monoisotopic (exact) mass is 548 g/mol. The SMILES string of the molecule is C[C@H](CCC(=O)N1CCC(CNS(C)(=O)=O)CC1)[C@H]1CC[C@H]2[C@@H]3CC=C4C[C@@H](O)CC[C@]4(C)[C@H]3CC[C@]12C. The maximum absolute atomic E-state index is 13.1. The van der Waals surface area contributed by atoms with E-state index in [0.29, 0.717) is 41.5 Å². The summed E-state index contributed by atoms with van der Waals surface area (Å²) in [4.78, 5) is 15.1. The largest absolute Gasteiger partial charge is 0.393 e. The van der Waals surface area contributed by atoms with Gasteiger partial charge in [-0.15, -0.1) is 0 Å². The lowest BCUT2D eigenvalue weighted by Gasteiger charge is -2.58. The summed E-state index contributed by atoms with van der Waals surface area (Å²) in [6, 6.07) is 0. The molecule has 1 heterocycles. The molecule has 38 heavy (non-hydrogen) atoms. The van der Waals surface area contributed by atoms with Crippen molar-refractivity contribution in [2.24, 2.45) is 46.3 Å². The molecule has 0 aromatic rings. The highest BCUT2D eigenvalue weighted by Crippen LogP contribution is 2.67. The summed E-state index contributed by atoms with van der Waals surface area (Å²) in [6.45, 7) is 9.49. The highest BCUT2D eigenvalue weighted by atomic mass is 32.2. The molecule has 5 rings (SSSR count). The quantitative estimate of drug-likeness (QED) is 0.432. The van der Waals surface area contributed by atoms with Crippen LogP contribution in [-0.2, 0) is 14.8 Å². The highest BCUT2D eigenvalue weighted by molar-refractivity contribution is 7.88. The molecule has 3 saturated carbocycles. The Labute approximate surface area is 231 Å². The molecule has 0 spiro atoms. The van der Waals surface area contributed by atoms with Gasteiger partial charge in [-0.05, 0) is 117 Å². The number of hydrogen-bond donors (Lipinski definition) is 2. The Morgan fingerprint density at radius 1 is 1.11 bits per heavy atom. The van der Waals surface area contributed by atoms with Crippen LogP contribution in [0.1, 0.15) is 97.8 Å². The Bertz CT molecular complexity index is 1020. The van der Waals surface area contributed by atoms with Crippen molar-refractivity contribution in [3.05, 3.63) is 11.6 Å². The molecule has 0 aromatic carbocycles. The first-order valence-electron chi connectivity index (χ1n) is 15.5. The number of likely N-dealkylation sites (tertiary alicyclic amines) is 1. The number of hydrogen-bond acceptors (Lipinski definition) is 4. The van der Waals surface area contributed by atoms with Gasteiger partial charge in [-0.25, -0.2) is 13.1 Å². The van der Waals surface area contributed by atoms with Gasteiger partial charge in [0.05, 0.1) is 12.4 Å². The zero-order valence-corrected chi connectivity index (χ0v) is 25.1. The van der Waals surface area contributed by atoms with Crippen molar-refractivity contribution in [2.75, 3.05) is 25.9 Å². The van der Waals surface area contributed by atoms with Gasteiger partial charge in [0.1, 0.15) is 0 Å². The fraction of sp³-hybridized carbons (Fsp3) is 0.903. The van der Waals surface area contributed by atoms with Crippen LogP contribution >= 0.6 is 0 Å². The minimum Gasteiger partial charge on any atom is -0.393 e. The van der Waals surface area contributed by atoms with Crippen molar-refractivity contribution in [3.8, 4) is 0 Å². The molecule has 4 fully saturated rings. The average Bonchev–Trinajstić information content (AvgIpc) is 3.23. The molecule has 6 nitrogen and oxygen atoms in total. The van der Waals surface area contributed by atoms with Crippen LogP contribution in [0.25, 0.3) is 0 Å². The van der Waals surface area contributed by atoms with Crippen LogP contribution in [0.5, 0.6) is 0 Å². The number of aliphatic hydroxyl groups excluding tert-OH is 1. The third-order valence-electron chi connectivity index (χ3n) is 12.3. The molecule has 1 saturated heterocycles. The van der Waals surface area contributed by atoms with Crippen LogP contribution in [0.3, 0.4) is 0 Å². The standard InChI is InChI=1S/C31H52N2O4S/c1-21(5-10-29(35)33-17-13-22(14-18-33)20-32-38(4,36)37)26-8-9-27-25-7-6-23-19-24(34)11-15-30(23,2)28(25)12-16-31(26,27)3/h6,21-22,24-28,32,34H,5,7-20H2,1-4H3/t21-,24+,25+,26-,27+,28+,30+,31-/m1/s1. The van der Waals surface area contributed by atoms with Crippen molar-refractivity contribution in [1.82, 2.24) is 9.62 Å². The summed E-state index contributed by atoms with van der Waals surface area (Å²) in [5.41, 5.74) is 2.25. The number of nitrogens with zero attached hydrogens (tertiary/aromatic N) is 1. The first-order valence-corrected chi connectivity index (χ1v) is 17.4. The predicted octanol–water partition coefficient (Wildman–Crippen LogP) is 5.13. The third kappa shape index (κ3) is 5.50. The van der Waals surface area contributed by atoms with Gasteiger partial charge in [0.2, 0.25) is 15.9 Å². The van der Waals surface area contributed by atoms with E-state index < -0.39 is 10.0 Å². The molecule has 0 bridgehead atoms. The molecule has 4 aliphatic carbocycles. The number of aliphatic hydroxyl groups is 1. The first kappa shape index (κ1) is 28.6. The van der Waals surface area contributed by atoms with E-state index >= 15 is 0 Å². The number of piperidine rings is 1. The molecular weight excluding hydrogens is 496 g/mol. The molecule has 0 radical (unpaired) electrons. The molecule has 8 atom stereocenters. The second-order valence-corrected chi connectivity index (χ2v) is 16.2. The Hall–Kier alpha value is -0.920. The minimum absolute atomic E-state index is 0.137. The second-order valence-electron chi connectivity index (χ2n) is 14.3. The van der Waals surface area contributed by atoms with Crippen LogP contribution in [-0.4, -0.2) is 56.3 Å². The summed E-state index contributed by atoms with van der Waals surface area (Å²) in [7, 11) is -3.15. The van der Waals surface area contributed by atoms with Gasteiger partial charge in [0.15, 0.2) is 0 Å². The Kier molecular flexibility index (Phi) is 8.14. The summed E-state index contributed by atoms with van der Waals surface area (Å²) >= 11 is 0. The molecule has 1 amide bonds. The van der Waals surface area contributed by atoms with Gasteiger partial charge < -0.3 is 10.0 Å². The molecule has 1 aliphatic heterocycles. The van der Waals surface area contributed by atoms with Crippen molar-refractivity contribution < 1.29 is 18.3 Å². The van der Waals surface area contributed by atoms with Crippen molar-refractivity contribution in [1.29, 1.82) is 0 Å². The minimum atomic E-state index is -3.15. The number of rotatable bonds is 7. The zero-order chi connectivity index (χ0) is 27.3. The fourth-order valence-electron chi connectivity index (χ4n) is 9.98. The number of nitrogens with one attached hydrogen (secondary N) is 1. The van der Waals surface area contributed by atoms with Gasteiger partial charge in [0.25, 0.3) is 0 Å². The van der Waals surface area contributed by atoms with Crippen LogP contribution in [0.2, 0.25) is 0 Å². The Morgan fingerprint density at radius 3 is 2.55 bits per heavy atom. The van der Waals surface area contributed by atoms with E-state index in [1.807, 2.05) is 4.90 Å². The van der Waals surface area contributed by atoms with E-state index in [0.717, 1.165) is 69.4 Å². The number of amides is 1. The van der Waals surface area contributed by atoms with E-state index in [2.05, 4.69) is 31.6 Å². The number of sulfonamides is 1. The summed E-state index contributed by atoms with van der Waals surface area (Å²) in [6.07, 6.45) is 16.5. The third-order valence-corrected chi connectivity index (χ3v) is 12.9. The van der Waals surface area contributed by atoms with Crippen molar-refractivity contribution >= 4 is 15.9 Å². The van der Waals surface area contributed by atoms with E-state index in [9.17, 15) is 18.3 Å². The smallest absolute Gasteiger partial charge is 0.222 e. The lowest BCUT2D eigenvalue weighted by Crippen LogP contribution is -2.50. The van der Waals surface area contributed by atoms with Crippen molar-refractivity contribution in [2.45, 2.75) is 104 Å². The normalized spacial score (nSPS) is 40.6. The fourth-order valence-corrected chi connectivity index (χ4v) is 10.5. The predicted molar refractivity (Wildman–Crippen MR) is 152 cm³/mol. The molecule has 0 aromatic heterocycles. The van der Waals surface area contributed by atoms with Crippen LogP contribution < -0.4 is 4.72 Å². The zero-order valence-electron chi connectivity index (χ0n) is 24.3. The molecule has 5 aliphatic rings. The van der Waals surface area contributed by atoms with Gasteiger partial charge in [-0.2, -0.15) is 0 Å². The Morgan fingerprint density at radius 2 is 1.84 bits per heavy atom. The van der Waals surface area contributed by atoms with E-state index in [1.165, 1.54) is 38.4 Å². The second kappa shape index (κ2) is 10.8. The molecule has 216 valence electrons. The van der Waals surface area contributed by atoms with Gasteiger partial charge in [0, 0.05) is 26.1 Å². The molecule has 0 unspecified atom stereocenters. The van der Waals surface area contributed by atoms with E-state index in [-0.39, 0.29) is 12.0 Å². The van der Waals surface area contributed by atoms with Crippen LogP contribution in [0.15, 0.2) is 11.6 Å².